The zero-order chi connectivity index (χ0) is 14.7. The Labute approximate surface area is 123 Å². The molecule has 2 aromatic rings. The summed E-state index contributed by atoms with van der Waals surface area (Å²) in [6, 6.07) is 16.6. The van der Waals surface area contributed by atoms with Crippen molar-refractivity contribution < 1.29 is 9.59 Å². The Balaban J connectivity index is 1.58. The third kappa shape index (κ3) is 3.48. The van der Waals surface area contributed by atoms with Crippen LogP contribution in [0.4, 0.5) is 11.4 Å². The van der Waals surface area contributed by atoms with Crippen LogP contribution in [0.25, 0.3) is 0 Å². The molecule has 4 nitrogen and oxygen atoms in total. The summed E-state index contributed by atoms with van der Waals surface area (Å²) in [6.07, 6.45) is 2.48. The lowest BCUT2D eigenvalue weighted by atomic mass is 10.1. The molecular weight excluding hydrogens is 264 g/mol. The molecule has 1 aliphatic carbocycles. The Morgan fingerprint density at radius 3 is 1.81 bits per heavy atom. The van der Waals surface area contributed by atoms with Gasteiger partial charge < -0.3 is 10.6 Å². The van der Waals surface area contributed by atoms with Crippen molar-refractivity contribution >= 4 is 23.2 Å². The van der Waals surface area contributed by atoms with Crippen molar-refractivity contribution in [3.8, 4) is 0 Å². The quantitative estimate of drug-likeness (QED) is 0.849. The second-order valence-corrected chi connectivity index (χ2v) is 5.17. The molecule has 1 fully saturated rings. The van der Waals surface area contributed by atoms with Gasteiger partial charge in [-0.1, -0.05) is 30.3 Å². The van der Waals surface area contributed by atoms with E-state index in [9.17, 15) is 9.59 Å². The highest BCUT2D eigenvalue weighted by Crippen LogP contribution is 2.40. The number of carbonyl (C=O) groups is 2. The first-order valence-corrected chi connectivity index (χ1v) is 7.00. The highest BCUT2D eigenvalue weighted by Gasteiger charge is 2.23. The number of para-hydroxylation sites is 1. The molecule has 0 bridgehead atoms. The van der Waals surface area contributed by atoms with Crippen LogP contribution >= 0.6 is 0 Å². The maximum atomic E-state index is 11.8. The molecule has 3 rings (SSSR count). The number of amides is 2. The number of hydrogen-bond donors (Lipinski definition) is 2. The Bertz CT molecular complexity index is 646. The van der Waals surface area contributed by atoms with Gasteiger partial charge in [-0.15, -0.1) is 0 Å². The molecule has 2 amide bonds. The summed E-state index contributed by atoms with van der Waals surface area (Å²) >= 11 is 0. The predicted octanol–water partition coefficient (Wildman–Crippen LogP) is 3.14. The van der Waals surface area contributed by atoms with E-state index >= 15 is 0 Å². The van der Waals surface area contributed by atoms with E-state index in [-0.39, 0.29) is 0 Å². The monoisotopic (exact) mass is 280 g/mol. The molecule has 0 radical (unpaired) electrons. The van der Waals surface area contributed by atoms with Crippen molar-refractivity contribution in [3.05, 3.63) is 60.2 Å². The predicted molar refractivity (Wildman–Crippen MR) is 82.1 cm³/mol. The second kappa shape index (κ2) is 5.79. The smallest absolute Gasteiger partial charge is 0.314 e. The number of benzene rings is 2. The molecule has 0 spiro atoms. The molecular formula is C17H16N2O2. The number of hydrogen-bond acceptors (Lipinski definition) is 2. The van der Waals surface area contributed by atoms with E-state index in [1.807, 2.05) is 30.3 Å². The maximum absolute atomic E-state index is 11.8. The first-order valence-electron chi connectivity index (χ1n) is 7.00. The largest absolute Gasteiger partial charge is 0.318 e. The van der Waals surface area contributed by atoms with Crippen LogP contribution in [-0.2, 0) is 9.59 Å². The number of nitrogens with one attached hydrogen (secondary N) is 2. The van der Waals surface area contributed by atoms with Crippen molar-refractivity contribution in [2.45, 2.75) is 18.8 Å². The van der Waals surface area contributed by atoms with Gasteiger partial charge in [0.2, 0.25) is 0 Å². The first-order chi connectivity index (χ1) is 10.2. The van der Waals surface area contributed by atoms with Crippen LogP contribution in [-0.4, -0.2) is 11.8 Å². The summed E-state index contributed by atoms with van der Waals surface area (Å²) in [6.45, 7) is 0. The molecule has 0 saturated heterocycles. The molecule has 1 aliphatic rings. The Hall–Kier alpha value is -2.62. The highest BCUT2D eigenvalue weighted by molar-refractivity contribution is 6.43. The minimum atomic E-state index is -0.674. The molecule has 106 valence electrons. The summed E-state index contributed by atoms with van der Waals surface area (Å²) in [5.74, 6) is -0.665. The van der Waals surface area contributed by atoms with Crippen LogP contribution in [0.1, 0.15) is 24.3 Å². The van der Waals surface area contributed by atoms with Gasteiger partial charge in [0.25, 0.3) is 0 Å². The summed E-state index contributed by atoms with van der Waals surface area (Å²) in [5.41, 5.74) is 2.52. The van der Waals surface area contributed by atoms with Gasteiger partial charge >= 0.3 is 11.8 Å². The lowest BCUT2D eigenvalue weighted by Gasteiger charge is -2.07. The fraction of sp³-hybridized carbons (Fsp3) is 0.176. The molecule has 0 heterocycles. The lowest BCUT2D eigenvalue weighted by Crippen LogP contribution is -2.29. The standard InChI is InChI=1S/C17H16N2O2/c20-16(18-14-4-2-1-3-5-14)17(21)19-15-10-8-13(9-11-15)12-6-7-12/h1-5,8-12H,6-7H2,(H,18,20)(H,19,21). The third-order valence-corrected chi connectivity index (χ3v) is 3.46. The van der Waals surface area contributed by atoms with E-state index in [4.69, 9.17) is 0 Å². The number of rotatable bonds is 3. The molecule has 0 atom stereocenters. The van der Waals surface area contributed by atoms with Crippen molar-refractivity contribution in [2.75, 3.05) is 10.6 Å². The summed E-state index contributed by atoms with van der Waals surface area (Å²) < 4.78 is 0. The van der Waals surface area contributed by atoms with E-state index in [2.05, 4.69) is 10.6 Å². The Morgan fingerprint density at radius 1 is 0.762 bits per heavy atom. The van der Waals surface area contributed by atoms with Gasteiger partial charge in [-0.25, -0.2) is 0 Å². The van der Waals surface area contributed by atoms with E-state index in [1.165, 1.54) is 18.4 Å². The molecule has 2 aromatic carbocycles. The molecule has 1 saturated carbocycles. The van der Waals surface area contributed by atoms with Crippen LogP contribution in [0.2, 0.25) is 0 Å². The highest BCUT2D eigenvalue weighted by atomic mass is 16.2. The minimum absolute atomic E-state index is 0.599. The normalized spacial score (nSPS) is 13.5. The fourth-order valence-electron chi connectivity index (χ4n) is 2.15. The van der Waals surface area contributed by atoms with Crippen LogP contribution in [0.15, 0.2) is 54.6 Å². The van der Waals surface area contributed by atoms with Gasteiger partial charge in [-0.2, -0.15) is 0 Å². The zero-order valence-corrected chi connectivity index (χ0v) is 11.5. The van der Waals surface area contributed by atoms with E-state index in [0.29, 0.717) is 17.3 Å². The molecule has 21 heavy (non-hydrogen) atoms. The second-order valence-electron chi connectivity index (χ2n) is 5.17. The maximum Gasteiger partial charge on any atom is 0.314 e. The average molecular weight is 280 g/mol. The molecule has 4 heteroatoms. The van der Waals surface area contributed by atoms with E-state index < -0.39 is 11.8 Å². The van der Waals surface area contributed by atoms with Crippen LogP contribution < -0.4 is 10.6 Å². The molecule has 0 unspecified atom stereocenters. The van der Waals surface area contributed by atoms with Crippen molar-refractivity contribution in [3.63, 3.8) is 0 Å². The van der Waals surface area contributed by atoms with Crippen LogP contribution in [0, 0.1) is 0 Å². The van der Waals surface area contributed by atoms with E-state index in [0.717, 1.165) is 0 Å². The SMILES string of the molecule is O=C(Nc1ccccc1)C(=O)Nc1ccc(C2CC2)cc1. The molecule has 0 aliphatic heterocycles. The van der Waals surface area contributed by atoms with Gasteiger partial charge in [0.1, 0.15) is 0 Å². The van der Waals surface area contributed by atoms with Gasteiger partial charge in [0, 0.05) is 11.4 Å². The fourth-order valence-corrected chi connectivity index (χ4v) is 2.15. The van der Waals surface area contributed by atoms with Gasteiger partial charge in [0.05, 0.1) is 0 Å². The van der Waals surface area contributed by atoms with Gasteiger partial charge in [0.15, 0.2) is 0 Å². The third-order valence-electron chi connectivity index (χ3n) is 3.46. The summed E-state index contributed by atoms with van der Waals surface area (Å²) in [7, 11) is 0. The molecule has 0 aromatic heterocycles. The summed E-state index contributed by atoms with van der Waals surface area (Å²) in [4.78, 5) is 23.6. The van der Waals surface area contributed by atoms with Crippen molar-refractivity contribution in [1.82, 2.24) is 0 Å². The van der Waals surface area contributed by atoms with Crippen molar-refractivity contribution in [2.24, 2.45) is 0 Å². The number of anilines is 2. The molecule has 2 N–H and O–H groups in total. The topological polar surface area (TPSA) is 58.2 Å². The van der Waals surface area contributed by atoms with Crippen LogP contribution in [0.3, 0.4) is 0 Å². The van der Waals surface area contributed by atoms with Gasteiger partial charge in [-0.3, -0.25) is 9.59 Å². The minimum Gasteiger partial charge on any atom is -0.318 e. The lowest BCUT2D eigenvalue weighted by molar-refractivity contribution is -0.132. The number of carbonyl (C=O) groups excluding carboxylic acids is 2. The van der Waals surface area contributed by atoms with Crippen LogP contribution in [0.5, 0.6) is 0 Å². The summed E-state index contributed by atoms with van der Waals surface area (Å²) in [5, 5.41) is 5.15. The Kier molecular flexibility index (Phi) is 3.69. The van der Waals surface area contributed by atoms with Gasteiger partial charge in [-0.05, 0) is 48.6 Å². The van der Waals surface area contributed by atoms with E-state index in [1.54, 1.807) is 24.3 Å². The first kappa shape index (κ1) is 13.4. The average Bonchev–Trinajstić information content (AvgIpc) is 3.34. The zero-order valence-electron chi connectivity index (χ0n) is 11.5. The Morgan fingerprint density at radius 2 is 1.29 bits per heavy atom. The van der Waals surface area contributed by atoms with Crippen molar-refractivity contribution in [1.29, 1.82) is 0 Å².